The van der Waals surface area contributed by atoms with Crippen LogP contribution < -0.4 is 0 Å². The molecule has 0 bridgehead atoms. The van der Waals surface area contributed by atoms with E-state index >= 15 is 0 Å². The van der Waals surface area contributed by atoms with Gasteiger partial charge in [0.1, 0.15) is 0 Å². The third kappa shape index (κ3) is 4.55. The van der Waals surface area contributed by atoms with E-state index < -0.39 is 6.10 Å². The second-order valence-electron chi connectivity index (χ2n) is 7.70. The van der Waals surface area contributed by atoms with Crippen molar-refractivity contribution in [2.45, 2.75) is 64.1 Å². The summed E-state index contributed by atoms with van der Waals surface area (Å²) < 4.78 is 5.67. The molecule has 1 saturated heterocycles. The summed E-state index contributed by atoms with van der Waals surface area (Å²) in [6.07, 6.45) is 2.84. The number of aliphatic hydroxyl groups excluding tert-OH is 1. The predicted octanol–water partition coefficient (Wildman–Crippen LogP) is 3.26. The van der Waals surface area contributed by atoms with Crippen LogP contribution in [-0.4, -0.2) is 46.9 Å². The van der Waals surface area contributed by atoms with E-state index in [0.29, 0.717) is 19.8 Å². The van der Waals surface area contributed by atoms with Gasteiger partial charge in [-0.05, 0) is 52.5 Å². The molecule has 1 aliphatic rings. The highest BCUT2D eigenvalue weighted by atomic mass is 16.5. The molecule has 1 N–H and O–H groups in total. The van der Waals surface area contributed by atoms with Crippen LogP contribution in [0.2, 0.25) is 0 Å². The molecule has 1 unspecified atom stereocenters. The fraction of sp³-hybridized carbons (Fsp3) is 0.684. The minimum absolute atomic E-state index is 0.161. The number of β-amino-alcohol motifs (C(OH)–C–C–N with tert-alkyl or cyclic N) is 1. The van der Waals surface area contributed by atoms with Gasteiger partial charge in [-0.1, -0.05) is 30.3 Å². The number of nitrogens with zero attached hydrogens (tertiary/aromatic N) is 1. The lowest BCUT2D eigenvalue weighted by Gasteiger charge is -2.41. The lowest BCUT2D eigenvalue weighted by atomic mass is 10.0. The first-order chi connectivity index (χ1) is 10.3. The Balaban J connectivity index is 1.72. The Hall–Kier alpha value is -0.900. The van der Waals surface area contributed by atoms with E-state index in [0.717, 1.165) is 6.42 Å². The molecule has 1 heterocycles. The van der Waals surface area contributed by atoms with Crippen molar-refractivity contribution in [2.24, 2.45) is 0 Å². The van der Waals surface area contributed by atoms with Crippen LogP contribution in [-0.2, 0) is 11.2 Å². The summed E-state index contributed by atoms with van der Waals surface area (Å²) in [6, 6.07) is 10.3. The molecule has 3 nitrogen and oxygen atoms in total. The quantitative estimate of drug-likeness (QED) is 0.785. The fourth-order valence-electron chi connectivity index (χ4n) is 3.51. The first kappa shape index (κ1) is 17.5. The van der Waals surface area contributed by atoms with Crippen molar-refractivity contribution in [3.8, 4) is 0 Å². The molecule has 1 fully saturated rings. The molecule has 124 valence electrons. The van der Waals surface area contributed by atoms with E-state index in [-0.39, 0.29) is 11.1 Å². The zero-order valence-electron chi connectivity index (χ0n) is 14.5. The number of aliphatic hydroxyl groups is 1. The molecule has 22 heavy (non-hydrogen) atoms. The van der Waals surface area contributed by atoms with E-state index in [2.05, 4.69) is 44.7 Å². The molecular formula is C19H31NO2. The van der Waals surface area contributed by atoms with Gasteiger partial charge in [0.15, 0.2) is 0 Å². The number of benzene rings is 1. The SMILES string of the molecule is CC1(C)CCC(C)(C)N1CC(O)COCCc1ccccc1. The van der Waals surface area contributed by atoms with Crippen molar-refractivity contribution in [3.05, 3.63) is 35.9 Å². The summed E-state index contributed by atoms with van der Waals surface area (Å²) in [4.78, 5) is 2.44. The topological polar surface area (TPSA) is 32.7 Å². The molecule has 1 aromatic carbocycles. The van der Waals surface area contributed by atoms with E-state index in [4.69, 9.17) is 4.74 Å². The van der Waals surface area contributed by atoms with Crippen LogP contribution in [0.3, 0.4) is 0 Å². The van der Waals surface area contributed by atoms with Crippen LogP contribution in [0.4, 0.5) is 0 Å². The smallest absolute Gasteiger partial charge is 0.0900 e. The van der Waals surface area contributed by atoms with Crippen molar-refractivity contribution in [1.29, 1.82) is 0 Å². The van der Waals surface area contributed by atoms with E-state index in [1.165, 1.54) is 18.4 Å². The average Bonchev–Trinajstić information content (AvgIpc) is 2.68. The van der Waals surface area contributed by atoms with Gasteiger partial charge >= 0.3 is 0 Å². The standard InChI is InChI=1S/C19H31NO2/c1-18(2)11-12-19(3,4)20(18)14-17(21)15-22-13-10-16-8-6-5-7-9-16/h5-9,17,21H,10-15H2,1-4H3. The summed E-state index contributed by atoms with van der Waals surface area (Å²) in [5.74, 6) is 0. The largest absolute Gasteiger partial charge is 0.389 e. The van der Waals surface area contributed by atoms with Crippen LogP contribution in [0, 0.1) is 0 Å². The Kier molecular flexibility index (Phi) is 5.65. The average molecular weight is 305 g/mol. The molecule has 1 aliphatic heterocycles. The zero-order valence-corrected chi connectivity index (χ0v) is 14.5. The van der Waals surface area contributed by atoms with Crippen molar-refractivity contribution in [3.63, 3.8) is 0 Å². The van der Waals surface area contributed by atoms with Crippen molar-refractivity contribution in [2.75, 3.05) is 19.8 Å². The first-order valence-corrected chi connectivity index (χ1v) is 8.39. The van der Waals surface area contributed by atoms with Crippen molar-refractivity contribution >= 4 is 0 Å². The zero-order chi connectivity index (χ0) is 16.2. The molecule has 0 aliphatic carbocycles. The third-order valence-electron chi connectivity index (χ3n) is 4.89. The van der Waals surface area contributed by atoms with Crippen molar-refractivity contribution in [1.82, 2.24) is 4.90 Å². The second kappa shape index (κ2) is 7.12. The Labute approximate surface area is 135 Å². The molecule has 2 rings (SSSR count). The van der Waals surface area contributed by atoms with Gasteiger partial charge in [0, 0.05) is 17.6 Å². The Morgan fingerprint density at radius 1 is 1.09 bits per heavy atom. The van der Waals surface area contributed by atoms with Gasteiger partial charge in [0.05, 0.1) is 19.3 Å². The number of rotatable bonds is 7. The van der Waals surface area contributed by atoms with Crippen LogP contribution in [0.5, 0.6) is 0 Å². The summed E-state index contributed by atoms with van der Waals surface area (Å²) in [6.45, 7) is 10.8. The third-order valence-corrected chi connectivity index (χ3v) is 4.89. The van der Waals surface area contributed by atoms with Crippen LogP contribution in [0.25, 0.3) is 0 Å². The lowest BCUT2D eigenvalue weighted by molar-refractivity contribution is -0.0189. The fourth-order valence-corrected chi connectivity index (χ4v) is 3.51. The Bertz CT molecular complexity index is 440. The number of hydrogen-bond donors (Lipinski definition) is 1. The van der Waals surface area contributed by atoms with Gasteiger partial charge in [-0.25, -0.2) is 0 Å². The van der Waals surface area contributed by atoms with Crippen molar-refractivity contribution < 1.29 is 9.84 Å². The van der Waals surface area contributed by atoms with Crippen LogP contribution in [0.15, 0.2) is 30.3 Å². The van der Waals surface area contributed by atoms with Gasteiger partial charge in [-0.2, -0.15) is 0 Å². The number of hydrogen-bond acceptors (Lipinski definition) is 3. The Morgan fingerprint density at radius 3 is 2.27 bits per heavy atom. The minimum Gasteiger partial charge on any atom is -0.389 e. The van der Waals surface area contributed by atoms with Crippen LogP contribution in [0.1, 0.15) is 46.1 Å². The van der Waals surface area contributed by atoms with Gasteiger partial charge in [0.2, 0.25) is 0 Å². The lowest BCUT2D eigenvalue weighted by Crippen LogP contribution is -2.52. The van der Waals surface area contributed by atoms with Gasteiger partial charge in [0.25, 0.3) is 0 Å². The maximum atomic E-state index is 10.3. The molecular weight excluding hydrogens is 274 g/mol. The highest BCUT2D eigenvalue weighted by Gasteiger charge is 2.44. The molecule has 0 spiro atoms. The Morgan fingerprint density at radius 2 is 1.68 bits per heavy atom. The number of likely N-dealkylation sites (tertiary alicyclic amines) is 1. The summed E-state index contributed by atoms with van der Waals surface area (Å²) in [7, 11) is 0. The summed E-state index contributed by atoms with van der Waals surface area (Å²) >= 11 is 0. The molecule has 1 aromatic rings. The molecule has 3 heteroatoms. The van der Waals surface area contributed by atoms with Gasteiger partial charge < -0.3 is 9.84 Å². The summed E-state index contributed by atoms with van der Waals surface area (Å²) in [5.41, 5.74) is 1.60. The highest BCUT2D eigenvalue weighted by Crippen LogP contribution is 2.40. The van der Waals surface area contributed by atoms with E-state index in [1.807, 2.05) is 18.2 Å². The molecule has 0 radical (unpaired) electrons. The first-order valence-electron chi connectivity index (χ1n) is 8.39. The predicted molar refractivity (Wildman–Crippen MR) is 91.1 cm³/mol. The monoisotopic (exact) mass is 305 g/mol. The van der Waals surface area contributed by atoms with Crippen LogP contribution >= 0.6 is 0 Å². The second-order valence-corrected chi connectivity index (χ2v) is 7.70. The maximum absolute atomic E-state index is 10.3. The molecule has 0 amide bonds. The number of ether oxygens (including phenoxy) is 1. The molecule has 0 saturated carbocycles. The van der Waals surface area contributed by atoms with E-state index in [1.54, 1.807) is 0 Å². The van der Waals surface area contributed by atoms with Gasteiger partial charge in [-0.15, -0.1) is 0 Å². The maximum Gasteiger partial charge on any atom is 0.0900 e. The molecule has 0 aromatic heterocycles. The highest BCUT2D eigenvalue weighted by molar-refractivity contribution is 5.14. The molecule has 1 atom stereocenters. The minimum atomic E-state index is -0.424. The summed E-state index contributed by atoms with van der Waals surface area (Å²) in [5, 5.41) is 10.3. The van der Waals surface area contributed by atoms with Gasteiger partial charge in [-0.3, -0.25) is 4.90 Å². The van der Waals surface area contributed by atoms with E-state index in [9.17, 15) is 5.11 Å². The normalized spacial score (nSPS) is 21.9.